The molecule has 1 aliphatic heterocycles. The zero-order valence-corrected chi connectivity index (χ0v) is 12.5. The molecule has 0 aromatic carbocycles. The lowest BCUT2D eigenvalue weighted by Crippen LogP contribution is -2.58. The predicted molar refractivity (Wildman–Crippen MR) is 79.5 cm³/mol. The fourth-order valence-electron chi connectivity index (χ4n) is 2.67. The van der Waals surface area contributed by atoms with Crippen LogP contribution >= 0.6 is 0 Å². The lowest BCUT2D eigenvalue weighted by atomic mass is 10.1. The third-order valence-corrected chi connectivity index (χ3v) is 4.04. The number of hydrogen-bond donors (Lipinski definition) is 0. The largest absolute Gasteiger partial charge is 0.360 e. The SMILES string of the molecule is Cc1cc(CN(C)C2CN(c3ccc4nncn4n3)C2)on1. The molecule has 0 aliphatic carbocycles. The zero-order valence-electron chi connectivity index (χ0n) is 12.5. The normalized spacial score (nSPS) is 15.7. The molecule has 3 aromatic rings. The number of nitrogens with zero attached hydrogens (tertiary/aromatic N) is 7. The molecule has 0 radical (unpaired) electrons. The highest BCUT2D eigenvalue weighted by atomic mass is 16.5. The van der Waals surface area contributed by atoms with Crippen molar-refractivity contribution in [3.05, 3.63) is 36.0 Å². The van der Waals surface area contributed by atoms with Crippen molar-refractivity contribution in [2.75, 3.05) is 25.0 Å². The first kappa shape index (κ1) is 13.2. The molecule has 8 nitrogen and oxygen atoms in total. The van der Waals surface area contributed by atoms with Crippen LogP contribution in [0.15, 0.2) is 29.0 Å². The van der Waals surface area contributed by atoms with E-state index in [4.69, 9.17) is 4.52 Å². The average molecular weight is 299 g/mol. The van der Waals surface area contributed by atoms with E-state index >= 15 is 0 Å². The van der Waals surface area contributed by atoms with Gasteiger partial charge >= 0.3 is 0 Å². The van der Waals surface area contributed by atoms with Crippen molar-refractivity contribution < 1.29 is 4.52 Å². The molecular weight excluding hydrogens is 282 g/mol. The first-order valence-electron chi connectivity index (χ1n) is 7.23. The molecule has 114 valence electrons. The highest BCUT2D eigenvalue weighted by Gasteiger charge is 2.31. The predicted octanol–water partition coefficient (Wildman–Crippen LogP) is 0.741. The summed E-state index contributed by atoms with van der Waals surface area (Å²) in [6, 6.07) is 6.39. The Morgan fingerprint density at radius 3 is 3.00 bits per heavy atom. The van der Waals surface area contributed by atoms with Crippen molar-refractivity contribution >= 4 is 11.5 Å². The summed E-state index contributed by atoms with van der Waals surface area (Å²) < 4.78 is 6.97. The highest BCUT2D eigenvalue weighted by molar-refractivity contribution is 5.47. The molecule has 0 N–H and O–H groups in total. The van der Waals surface area contributed by atoms with Crippen molar-refractivity contribution in [1.82, 2.24) is 29.9 Å². The van der Waals surface area contributed by atoms with Crippen LogP contribution < -0.4 is 4.90 Å². The minimum atomic E-state index is 0.490. The summed E-state index contributed by atoms with van der Waals surface area (Å²) in [5.74, 6) is 1.86. The number of aryl methyl sites for hydroxylation is 1. The van der Waals surface area contributed by atoms with Crippen molar-refractivity contribution in [1.29, 1.82) is 0 Å². The summed E-state index contributed by atoms with van der Waals surface area (Å²) in [6.07, 6.45) is 1.62. The van der Waals surface area contributed by atoms with Gasteiger partial charge in [0, 0.05) is 25.2 Å². The molecule has 0 spiro atoms. The first-order valence-corrected chi connectivity index (χ1v) is 7.23. The number of hydrogen-bond acceptors (Lipinski definition) is 7. The Balaban J connectivity index is 1.38. The lowest BCUT2D eigenvalue weighted by Gasteiger charge is -2.44. The molecular formula is C14H17N7O. The van der Waals surface area contributed by atoms with E-state index in [-0.39, 0.29) is 0 Å². The molecule has 8 heteroatoms. The van der Waals surface area contributed by atoms with Crippen LogP contribution in [0.3, 0.4) is 0 Å². The Bertz CT molecular complexity index is 789. The molecule has 4 rings (SSSR count). The van der Waals surface area contributed by atoms with Crippen LogP contribution in [0.4, 0.5) is 5.82 Å². The summed E-state index contributed by atoms with van der Waals surface area (Å²) in [7, 11) is 2.11. The van der Waals surface area contributed by atoms with E-state index in [2.05, 4.69) is 37.3 Å². The van der Waals surface area contributed by atoms with Crippen LogP contribution in [0.2, 0.25) is 0 Å². The molecule has 0 amide bonds. The lowest BCUT2D eigenvalue weighted by molar-refractivity contribution is 0.177. The van der Waals surface area contributed by atoms with Crippen molar-refractivity contribution in [3.63, 3.8) is 0 Å². The van der Waals surface area contributed by atoms with E-state index < -0.39 is 0 Å². The van der Waals surface area contributed by atoms with Gasteiger partial charge in [0.25, 0.3) is 0 Å². The molecule has 1 saturated heterocycles. The third-order valence-electron chi connectivity index (χ3n) is 4.04. The summed E-state index contributed by atoms with van der Waals surface area (Å²) in [5, 5.41) is 16.2. The smallest absolute Gasteiger partial charge is 0.177 e. The first-order chi connectivity index (χ1) is 10.7. The van der Waals surface area contributed by atoms with Gasteiger partial charge in [0.15, 0.2) is 11.4 Å². The molecule has 22 heavy (non-hydrogen) atoms. The Hall–Kier alpha value is -2.48. The number of aromatic nitrogens is 5. The Kier molecular flexibility index (Phi) is 3.04. The van der Waals surface area contributed by atoms with Gasteiger partial charge in [-0.25, -0.2) is 0 Å². The summed E-state index contributed by atoms with van der Waals surface area (Å²) in [5.41, 5.74) is 1.68. The highest BCUT2D eigenvalue weighted by Crippen LogP contribution is 2.22. The van der Waals surface area contributed by atoms with Crippen LogP contribution in [0.1, 0.15) is 11.5 Å². The minimum Gasteiger partial charge on any atom is -0.360 e. The molecule has 0 unspecified atom stereocenters. The van der Waals surface area contributed by atoms with E-state index in [0.717, 1.165) is 42.6 Å². The number of rotatable bonds is 4. The summed E-state index contributed by atoms with van der Waals surface area (Å²) in [4.78, 5) is 4.53. The number of likely N-dealkylation sites (N-methyl/N-ethyl adjacent to an activating group) is 1. The molecule has 1 fully saturated rings. The van der Waals surface area contributed by atoms with Crippen LogP contribution in [-0.4, -0.2) is 56.0 Å². The quantitative estimate of drug-likeness (QED) is 0.703. The summed E-state index contributed by atoms with van der Waals surface area (Å²) in [6.45, 7) is 4.61. The monoisotopic (exact) mass is 299 g/mol. The van der Waals surface area contributed by atoms with Gasteiger partial charge in [0.2, 0.25) is 0 Å². The average Bonchev–Trinajstić information content (AvgIpc) is 3.05. The third kappa shape index (κ3) is 2.31. The van der Waals surface area contributed by atoms with E-state index in [1.165, 1.54) is 0 Å². The maximum Gasteiger partial charge on any atom is 0.177 e. The Morgan fingerprint density at radius 1 is 1.36 bits per heavy atom. The van der Waals surface area contributed by atoms with Crippen LogP contribution in [0, 0.1) is 6.92 Å². The van der Waals surface area contributed by atoms with Crippen LogP contribution in [0.5, 0.6) is 0 Å². The molecule has 0 bridgehead atoms. The maximum absolute atomic E-state index is 5.27. The van der Waals surface area contributed by atoms with Gasteiger partial charge in [0.1, 0.15) is 12.1 Å². The fraction of sp³-hybridized carbons (Fsp3) is 0.429. The van der Waals surface area contributed by atoms with Gasteiger partial charge in [-0.1, -0.05) is 5.16 Å². The van der Waals surface area contributed by atoms with Crippen LogP contribution in [0.25, 0.3) is 5.65 Å². The molecule has 3 aromatic heterocycles. The topological polar surface area (TPSA) is 75.6 Å². The Labute approximate surface area is 127 Å². The second-order valence-electron chi connectivity index (χ2n) is 5.73. The van der Waals surface area contributed by atoms with Crippen molar-refractivity contribution in [2.45, 2.75) is 19.5 Å². The summed E-state index contributed by atoms with van der Waals surface area (Å²) >= 11 is 0. The van der Waals surface area contributed by atoms with Crippen molar-refractivity contribution in [2.24, 2.45) is 0 Å². The van der Waals surface area contributed by atoms with E-state index in [1.54, 1.807) is 10.8 Å². The van der Waals surface area contributed by atoms with Gasteiger partial charge in [-0.2, -0.15) is 4.52 Å². The minimum absolute atomic E-state index is 0.490. The second-order valence-corrected chi connectivity index (χ2v) is 5.73. The Morgan fingerprint density at radius 2 is 2.23 bits per heavy atom. The maximum atomic E-state index is 5.27. The van der Waals surface area contributed by atoms with E-state index in [0.29, 0.717) is 6.04 Å². The fourth-order valence-corrected chi connectivity index (χ4v) is 2.67. The second kappa shape index (κ2) is 5.06. The molecule has 0 atom stereocenters. The van der Waals surface area contributed by atoms with E-state index in [1.807, 2.05) is 25.1 Å². The van der Waals surface area contributed by atoms with Crippen LogP contribution in [-0.2, 0) is 6.54 Å². The van der Waals surface area contributed by atoms with Gasteiger partial charge in [-0.3, -0.25) is 4.90 Å². The van der Waals surface area contributed by atoms with Gasteiger partial charge in [0.05, 0.1) is 12.2 Å². The standard InChI is InChI=1S/C14H17N7O/c1-10-5-12(22-18-10)8-19(2)11-6-20(7-11)14-4-3-13-16-15-9-21(13)17-14/h3-5,9,11H,6-8H2,1-2H3. The number of anilines is 1. The molecule has 1 aliphatic rings. The number of fused-ring (bicyclic) bond motifs is 1. The van der Waals surface area contributed by atoms with E-state index in [9.17, 15) is 0 Å². The van der Waals surface area contributed by atoms with Gasteiger partial charge < -0.3 is 9.42 Å². The van der Waals surface area contributed by atoms with Gasteiger partial charge in [-0.15, -0.1) is 15.3 Å². The molecule has 4 heterocycles. The molecule has 0 saturated carbocycles. The zero-order chi connectivity index (χ0) is 15.1. The van der Waals surface area contributed by atoms with Gasteiger partial charge in [-0.05, 0) is 26.1 Å². The van der Waals surface area contributed by atoms with Crippen molar-refractivity contribution in [3.8, 4) is 0 Å².